The number of aldehydes is 1. The molecule has 3 heteroatoms. The molecule has 0 aromatic heterocycles. The molecule has 0 amide bonds. The first-order chi connectivity index (χ1) is 8.38. The molecule has 1 fully saturated rings. The van der Waals surface area contributed by atoms with Gasteiger partial charge in [-0.05, 0) is 42.4 Å². The van der Waals surface area contributed by atoms with E-state index in [2.05, 4.69) is 6.07 Å². The Balaban J connectivity index is 1.88. The maximum atomic E-state index is 10.8. The Morgan fingerprint density at radius 2 is 2.00 bits per heavy atom. The van der Waals surface area contributed by atoms with Crippen molar-refractivity contribution < 1.29 is 14.3 Å². The first-order valence-electron chi connectivity index (χ1n) is 6.21. The molecule has 1 aromatic carbocycles. The summed E-state index contributed by atoms with van der Waals surface area (Å²) < 4.78 is 11.1. The molecule has 1 aromatic rings. The highest BCUT2D eigenvalue weighted by molar-refractivity contribution is 5.53. The lowest BCUT2D eigenvalue weighted by molar-refractivity contribution is -0.108. The van der Waals surface area contributed by atoms with Crippen molar-refractivity contribution in [3.05, 3.63) is 23.8 Å². The van der Waals surface area contributed by atoms with E-state index in [-0.39, 0.29) is 0 Å². The van der Waals surface area contributed by atoms with Crippen LogP contribution in [0.3, 0.4) is 0 Å². The Bertz CT molecular complexity index is 423. The van der Waals surface area contributed by atoms with Crippen molar-refractivity contribution in [3.63, 3.8) is 0 Å². The fourth-order valence-corrected chi connectivity index (χ4v) is 2.49. The number of fused-ring (bicyclic) bond motifs is 1. The summed E-state index contributed by atoms with van der Waals surface area (Å²) in [5, 5.41) is 0. The Kier molecular flexibility index (Phi) is 2.75. The third-order valence-electron chi connectivity index (χ3n) is 3.54. The van der Waals surface area contributed by atoms with Gasteiger partial charge in [0, 0.05) is 6.42 Å². The molecule has 3 rings (SSSR count). The van der Waals surface area contributed by atoms with E-state index in [0.29, 0.717) is 31.5 Å². The van der Waals surface area contributed by atoms with Gasteiger partial charge in [0.25, 0.3) is 0 Å². The molecule has 17 heavy (non-hydrogen) atoms. The van der Waals surface area contributed by atoms with Crippen LogP contribution in [0, 0.1) is 5.92 Å². The van der Waals surface area contributed by atoms with E-state index in [0.717, 1.165) is 17.8 Å². The molecule has 0 saturated heterocycles. The molecule has 1 heterocycles. The van der Waals surface area contributed by atoms with Gasteiger partial charge in [-0.2, -0.15) is 0 Å². The number of hydrogen-bond donors (Lipinski definition) is 0. The van der Waals surface area contributed by atoms with Crippen LogP contribution in [0.5, 0.6) is 11.5 Å². The maximum Gasteiger partial charge on any atom is 0.161 e. The van der Waals surface area contributed by atoms with Crippen molar-refractivity contribution >= 4 is 6.29 Å². The minimum Gasteiger partial charge on any atom is -0.486 e. The van der Waals surface area contributed by atoms with E-state index < -0.39 is 0 Å². The molecule has 0 spiro atoms. The monoisotopic (exact) mass is 232 g/mol. The third-order valence-corrected chi connectivity index (χ3v) is 3.54. The summed E-state index contributed by atoms with van der Waals surface area (Å²) in [5.41, 5.74) is 1.21. The van der Waals surface area contributed by atoms with Crippen LogP contribution in [0.15, 0.2) is 18.2 Å². The van der Waals surface area contributed by atoms with Crippen molar-refractivity contribution in [3.8, 4) is 11.5 Å². The number of carbonyl (C=O) groups is 1. The predicted octanol–water partition coefficient (Wildman–Crippen LogP) is 2.54. The van der Waals surface area contributed by atoms with Gasteiger partial charge in [0.15, 0.2) is 11.5 Å². The molecule has 0 radical (unpaired) electrons. The molecule has 1 unspecified atom stereocenters. The summed E-state index contributed by atoms with van der Waals surface area (Å²) in [4.78, 5) is 10.8. The second-order valence-electron chi connectivity index (χ2n) is 4.75. The molecule has 0 N–H and O–H groups in total. The zero-order valence-electron chi connectivity index (χ0n) is 9.72. The van der Waals surface area contributed by atoms with Crippen LogP contribution >= 0.6 is 0 Å². The molecule has 1 atom stereocenters. The number of rotatable bonds is 4. The summed E-state index contributed by atoms with van der Waals surface area (Å²) >= 11 is 0. The first-order valence-corrected chi connectivity index (χ1v) is 6.21. The predicted molar refractivity (Wildman–Crippen MR) is 63.6 cm³/mol. The summed E-state index contributed by atoms with van der Waals surface area (Å²) in [6, 6.07) is 6.07. The average molecular weight is 232 g/mol. The van der Waals surface area contributed by atoms with Crippen molar-refractivity contribution in [2.45, 2.75) is 25.2 Å². The highest BCUT2D eigenvalue weighted by atomic mass is 16.6. The highest BCUT2D eigenvalue weighted by Crippen LogP contribution is 2.45. The van der Waals surface area contributed by atoms with Crippen LogP contribution in [0.1, 0.15) is 30.7 Å². The first kappa shape index (κ1) is 10.6. The van der Waals surface area contributed by atoms with Crippen LogP contribution in [-0.4, -0.2) is 19.5 Å². The highest BCUT2D eigenvalue weighted by Gasteiger charge is 2.32. The quantitative estimate of drug-likeness (QED) is 0.748. The summed E-state index contributed by atoms with van der Waals surface area (Å²) in [7, 11) is 0. The second kappa shape index (κ2) is 4.40. The molecule has 1 aliphatic heterocycles. The van der Waals surface area contributed by atoms with Crippen molar-refractivity contribution in [2.75, 3.05) is 13.2 Å². The smallest absolute Gasteiger partial charge is 0.161 e. The van der Waals surface area contributed by atoms with Gasteiger partial charge in [-0.3, -0.25) is 0 Å². The van der Waals surface area contributed by atoms with Gasteiger partial charge in [0.05, 0.1) is 0 Å². The van der Waals surface area contributed by atoms with Crippen LogP contribution in [0.2, 0.25) is 0 Å². The van der Waals surface area contributed by atoms with Crippen molar-refractivity contribution in [1.29, 1.82) is 0 Å². The lowest BCUT2D eigenvalue weighted by Crippen LogP contribution is -2.15. The van der Waals surface area contributed by atoms with Gasteiger partial charge in [-0.1, -0.05) is 6.07 Å². The van der Waals surface area contributed by atoms with E-state index in [1.165, 1.54) is 18.4 Å². The van der Waals surface area contributed by atoms with E-state index >= 15 is 0 Å². The number of carbonyl (C=O) groups excluding carboxylic acids is 1. The second-order valence-corrected chi connectivity index (χ2v) is 4.75. The van der Waals surface area contributed by atoms with Crippen LogP contribution < -0.4 is 9.47 Å². The molecular weight excluding hydrogens is 216 g/mol. The van der Waals surface area contributed by atoms with E-state index in [9.17, 15) is 4.79 Å². The number of ether oxygens (including phenoxy) is 2. The van der Waals surface area contributed by atoms with Gasteiger partial charge in [0.1, 0.15) is 19.5 Å². The molecule has 2 aliphatic rings. The van der Waals surface area contributed by atoms with Crippen molar-refractivity contribution in [2.24, 2.45) is 5.92 Å². The minimum atomic E-state index is 0.364. The normalized spacial score (nSPS) is 19.8. The largest absolute Gasteiger partial charge is 0.486 e. The Hall–Kier alpha value is -1.51. The number of benzene rings is 1. The Morgan fingerprint density at radius 3 is 2.71 bits per heavy atom. The molecule has 1 aliphatic carbocycles. The molecular formula is C14H16O3. The number of hydrogen-bond acceptors (Lipinski definition) is 3. The third kappa shape index (κ3) is 2.14. The van der Waals surface area contributed by atoms with Gasteiger partial charge in [0.2, 0.25) is 0 Å². The van der Waals surface area contributed by atoms with Gasteiger partial charge >= 0.3 is 0 Å². The summed E-state index contributed by atoms with van der Waals surface area (Å²) in [6.45, 7) is 1.23. The lowest BCUT2D eigenvalue weighted by atomic mass is 9.91. The molecule has 3 nitrogen and oxygen atoms in total. The Morgan fingerprint density at radius 1 is 1.24 bits per heavy atom. The fourth-order valence-electron chi connectivity index (χ4n) is 2.49. The maximum absolute atomic E-state index is 10.8. The zero-order valence-corrected chi connectivity index (χ0v) is 9.72. The molecule has 90 valence electrons. The minimum absolute atomic E-state index is 0.364. The topological polar surface area (TPSA) is 35.5 Å². The Labute approximate surface area is 101 Å². The molecule has 0 bridgehead atoms. The molecule has 1 saturated carbocycles. The van der Waals surface area contributed by atoms with Crippen LogP contribution in [0.25, 0.3) is 0 Å². The zero-order chi connectivity index (χ0) is 11.7. The van der Waals surface area contributed by atoms with Gasteiger partial charge < -0.3 is 14.3 Å². The standard InChI is InChI=1S/C14H16O3/c15-6-5-12(10-1-2-10)11-3-4-13-14(9-11)17-8-7-16-13/h3-4,6,9-10,12H,1-2,5,7-8H2. The van der Waals surface area contributed by atoms with E-state index in [4.69, 9.17) is 9.47 Å². The van der Waals surface area contributed by atoms with E-state index in [1.54, 1.807) is 0 Å². The van der Waals surface area contributed by atoms with Gasteiger partial charge in [-0.25, -0.2) is 0 Å². The van der Waals surface area contributed by atoms with Crippen molar-refractivity contribution in [1.82, 2.24) is 0 Å². The van der Waals surface area contributed by atoms with Gasteiger partial charge in [-0.15, -0.1) is 0 Å². The van der Waals surface area contributed by atoms with Crippen LogP contribution in [-0.2, 0) is 4.79 Å². The fraction of sp³-hybridized carbons (Fsp3) is 0.500. The summed E-state index contributed by atoms with van der Waals surface area (Å²) in [6.07, 6.45) is 4.13. The van der Waals surface area contributed by atoms with E-state index in [1.807, 2.05) is 12.1 Å². The lowest BCUT2D eigenvalue weighted by Gasteiger charge is -2.21. The SMILES string of the molecule is O=CCC(c1ccc2c(c1)OCCO2)C1CC1. The van der Waals surface area contributed by atoms with Crippen LogP contribution in [0.4, 0.5) is 0 Å². The average Bonchev–Trinajstić information content (AvgIpc) is 3.20. The summed E-state index contributed by atoms with van der Waals surface area (Å²) in [5.74, 6) is 2.69.